The first-order chi connectivity index (χ1) is 16.6. The van der Waals surface area contributed by atoms with Crippen LogP contribution in [-0.4, -0.2) is 47.7 Å². The van der Waals surface area contributed by atoms with Crippen molar-refractivity contribution in [2.75, 3.05) is 25.2 Å². The summed E-state index contributed by atoms with van der Waals surface area (Å²) in [6.45, 7) is 9.53. The van der Waals surface area contributed by atoms with Crippen LogP contribution in [0, 0.1) is 12.3 Å². The number of hydrogen-bond donors (Lipinski definition) is 0. The van der Waals surface area contributed by atoms with Gasteiger partial charge < -0.3 is 18.6 Å². The highest BCUT2D eigenvalue weighted by molar-refractivity contribution is 5.98. The highest BCUT2D eigenvalue weighted by Gasteiger charge is 2.48. The van der Waals surface area contributed by atoms with Crippen LogP contribution in [0.2, 0.25) is 0 Å². The highest BCUT2D eigenvalue weighted by Crippen LogP contribution is 2.49. The molecule has 1 amide bonds. The largest absolute Gasteiger partial charge is 0.454 e. The van der Waals surface area contributed by atoms with Gasteiger partial charge in [-0.15, -0.1) is 0 Å². The number of hydrogen-bond acceptors (Lipinski definition) is 6. The zero-order chi connectivity index (χ0) is 25.3. The van der Waals surface area contributed by atoms with Crippen molar-refractivity contribution in [2.45, 2.75) is 52.9 Å². The summed E-state index contributed by atoms with van der Waals surface area (Å²) in [5, 5.41) is 0. The predicted molar refractivity (Wildman–Crippen MR) is 132 cm³/mol. The molecular formula is C27H33N3O5. The van der Waals surface area contributed by atoms with Crippen LogP contribution in [0.25, 0.3) is 5.65 Å². The molecule has 0 aliphatic carbocycles. The number of imidazole rings is 1. The Morgan fingerprint density at radius 3 is 2.43 bits per heavy atom. The number of pyridine rings is 1. The highest BCUT2D eigenvalue weighted by atomic mass is 16.6. The molecule has 1 aliphatic rings. The predicted octanol–water partition coefficient (Wildman–Crippen LogP) is 4.41. The number of aromatic nitrogens is 2. The fourth-order valence-corrected chi connectivity index (χ4v) is 4.49. The Morgan fingerprint density at radius 2 is 1.80 bits per heavy atom. The molecule has 8 heteroatoms. The number of benzene rings is 1. The summed E-state index contributed by atoms with van der Waals surface area (Å²) in [5.74, 6) is -0.508. The van der Waals surface area contributed by atoms with E-state index in [1.165, 1.54) is 6.92 Å². The summed E-state index contributed by atoms with van der Waals surface area (Å²) in [5.41, 5.74) is 2.91. The monoisotopic (exact) mass is 479 g/mol. The van der Waals surface area contributed by atoms with E-state index < -0.39 is 23.7 Å². The number of nitrogens with zero attached hydrogens (tertiary/aromatic N) is 3. The number of fused-ring (bicyclic) bond motifs is 3. The molecule has 186 valence electrons. The van der Waals surface area contributed by atoms with Gasteiger partial charge in [-0.1, -0.05) is 30.3 Å². The zero-order valence-corrected chi connectivity index (χ0v) is 21.1. The molecule has 0 radical (unpaired) electrons. The summed E-state index contributed by atoms with van der Waals surface area (Å²) < 4.78 is 19.6. The Labute approximate surface area is 205 Å². The summed E-state index contributed by atoms with van der Waals surface area (Å²) in [7, 11) is 1.60. The third kappa shape index (κ3) is 4.81. The first-order valence-electron chi connectivity index (χ1n) is 11.8. The molecule has 0 N–H and O–H groups in total. The van der Waals surface area contributed by atoms with Crippen molar-refractivity contribution >= 4 is 23.2 Å². The van der Waals surface area contributed by atoms with E-state index in [0.717, 1.165) is 11.3 Å². The molecule has 2 aromatic heterocycles. The second kappa shape index (κ2) is 9.79. The van der Waals surface area contributed by atoms with Crippen LogP contribution < -0.4 is 4.90 Å². The van der Waals surface area contributed by atoms with Crippen molar-refractivity contribution in [3.63, 3.8) is 0 Å². The van der Waals surface area contributed by atoms with Crippen LogP contribution >= 0.6 is 0 Å². The van der Waals surface area contributed by atoms with Gasteiger partial charge in [0.2, 0.25) is 5.91 Å². The number of amides is 1. The van der Waals surface area contributed by atoms with Gasteiger partial charge in [-0.2, -0.15) is 0 Å². The van der Waals surface area contributed by atoms with Gasteiger partial charge in [-0.05, 0) is 39.3 Å². The maximum atomic E-state index is 13.3. The van der Waals surface area contributed by atoms with E-state index in [1.54, 1.807) is 12.0 Å². The second-order valence-corrected chi connectivity index (χ2v) is 9.88. The van der Waals surface area contributed by atoms with Crippen molar-refractivity contribution in [3.8, 4) is 0 Å². The lowest BCUT2D eigenvalue weighted by Crippen LogP contribution is -2.49. The van der Waals surface area contributed by atoms with Crippen LogP contribution in [0.15, 0.2) is 48.8 Å². The zero-order valence-electron chi connectivity index (χ0n) is 21.1. The lowest BCUT2D eigenvalue weighted by Gasteiger charge is -2.45. The molecule has 3 aromatic rings. The number of ether oxygens (including phenoxy) is 3. The van der Waals surface area contributed by atoms with Gasteiger partial charge >= 0.3 is 5.97 Å². The average molecular weight is 480 g/mol. The Morgan fingerprint density at radius 1 is 1.09 bits per heavy atom. The summed E-state index contributed by atoms with van der Waals surface area (Å²) in [4.78, 5) is 32.8. The van der Waals surface area contributed by atoms with Crippen LogP contribution in [0.4, 0.5) is 5.69 Å². The van der Waals surface area contributed by atoms with Crippen molar-refractivity contribution in [1.29, 1.82) is 0 Å². The molecule has 0 unspecified atom stereocenters. The molecule has 1 aliphatic heterocycles. The van der Waals surface area contributed by atoms with Gasteiger partial charge in [0.05, 0.1) is 36.1 Å². The molecule has 4 rings (SSSR count). The number of rotatable bonds is 6. The van der Waals surface area contributed by atoms with E-state index in [1.807, 2.05) is 80.9 Å². The van der Waals surface area contributed by atoms with E-state index >= 15 is 0 Å². The maximum absolute atomic E-state index is 13.3. The molecule has 3 heterocycles. The maximum Gasteiger partial charge on any atom is 0.311 e. The van der Waals surface area contributed by atoms with Gasteiger partial charge in [0, 0.05) is 32.0 Å². The summed E-state index contributed by atoms with van der Waals surface area (Å²) in [6.07, 6.45) is 2.37. The molecule has 0 spiro atoms. The minimum absolute atomic E-state index is 0.158. The van der Waals surface area contributed by atoms with E-state index in [2.05, 4.69) is 0 Å². The standard InChI is InChI=1S/C27H33N3O5/c1-17-16-29-13-12-20-22(25(29)28-17)30(18(2)31)21(19-10-8-7-9-11-19)24(34-15-14-33-6)23(20)35-26(32)27(3,4)5/h7-13,16,21,23-24H,14-15H2,1-6H3/t21-,23-,24-/m1/s1. The third-order valence-corrected chi connectivity index (χ3v) is 6.11. The fraction of sp³-hybridized carbons (Fsp3) is 0.444. The lowest BCUT2D eigenvalue weighted by atomic mass is 9.86. The van der Waals surface area contributed by atoms with Gasteiger partial charge in [0.1, 0.15) is 6.10 Å². The second-order valence-electron chi connectivity index (χ2n) is 9.88. The smallest absolute Gasteiger partial charge is 0.311 e. The van der Waals surface area contributed by atoms with Crippen LogP contribution in [-0.2, 0) is 23.8 Å². The van der Waals surface area contributed by atoms with Gasteiger partial charge in [-0.3, -0.25) is 14.5 Å². The Balaban J connectivity index is 1.98. The van der Waals surface area contributed by atoms with Crippen molar-refractivity contribution in [2.24, 2.45) is 5.41 Å². The molecule has 0 fully saturated rings. The Bertz CT molecular complexity index is 1210. The van der Waals surface area contributed by atoms with E-state index in [9.17, 15) is 9.59 Å². The van der Waals surface area contributed by atoms with Gasteiger partial charge in [-0.25, -0.2) is 4.98 Å². The number of methoxy groups -OCH3 is 1. The lowest BCUT2D eigenvalue weighted by molar-refractivity contribution is -0.171. The molecule has 3 atom stereocenters. The number of carbonyl (C=O) groups excluding carboxylic acids is 2. The first kappa shape index (κ1) is 24.9. The molecule has 0 saturated heterocycles. The SMILES string of the molecule is COCCO[C@H]1[C@H](OC(=O)C(C)(C)C)c2ccn3cc(C)nc3c2N(C(C)=O)[C@@H]1c1ccccc1. The molecular weight excluding hydrogens is 446 g/mol. The number of esters is 1. The molecule has 0 bridgehead atoms. The van der Waals surface area contributed by atoms with Crippen molar-refractivity contribution in [1.82, 2.24) is 9.38 Å². The van der Waals surface area contributed by atoms with Crippen LogP contribution in [0.3, 0.4) is 0 Å². The Hall–Kier alpha value is -3.23. The minimum Gasteiger partial charge on any atom is -0.454 e. The number of anilines is 1. The van der Waals surface area contributed by atoms with E-state index in [0.29, 0.717) is 23.5 Å². The summed E-state index contributed by atoms with van der Waals surface area (Å²) in [6, 6.07) is 11.0. The molecule has 35 heavy (non-hydrogen) atoms. The van der Waals surface area contributed by atoms with Crippen molar-refractivity contribution in [3.05, 3.63) is 65.6 Å². The minimum atomic E-state index is -0.753. The van der Waals surface area contributed by atoms with Gasteiger partial charge in [0.15, 0.2) is 11.8 Å². The van der Waals surface area contributed by atoms with Gasteiger partial charge in [0.25, 0.3) is 0 Å². The molecule has 8 nitrogen and oxygen atoms in total. The topological polar surface area (TPSA) is 82.4 Å². The van der Waals surface area contributed by atoms with Crippen LogP contribution in [0.1, 0.15) is 56.7 Å². The number of aryl methyl sites for hydroxylation is 1. The first-order valence-corrected chi connectivity index (χ1v) is 11.8. The fourth-order valence-electron chi connectivity index (χ4n) is 4.49. The van der Waals surface area contributed by atoms with Crippen molar-refractivity contribution < 1.29 is 23.8 Å². The van der Waals surface area contributed by atoms with E-state index in [4.69, 9.17) is 19.2 Å². The van der Waals surface area contributed by atoms with Crippen LogP contribution in [0.5, 0.6) is 0 Å². The third-order valence-electron chi connectivity index (χ3n) is 6.11. The normalized spacial score (nSPS) is 20.1. The Kier molecular flexibility index (Phi) is 6.96. The number of carbonyl (C=O) groups is 2. The molecule has 1 aromatic carbocycles. The summed E-state index contributed by atoms with van der Waals surface area (Å²) >= 11 is 0. The quantitative estimate of drug-likeness (QED) is 0.385. The molecule has 0 saturated carbocycles. The van der Waals surface area contributed by atoms with E-state index in [-0.39, 0.29) is 18.5 Å². The average Bonchev–Trinajstić information content (AvgIpc) is 3.19.